The third-order valence-electron chi connectivity index (χ3n) is 17.6. The fourth-order valence-electron chi connectivity index (χ4n) is 13.8. The van der Waals surface area contributed by atoms with E-state index >= 15 is 0 Å². The molecule has 0 aliphatic heterocycles. The summed E-state index contributed by atoms with van der Waals surface area (Å²) in [5, 5.41) is 4.94. The van der Waals surface area contributed by atoms with Crippen molar-refractivity contribution in [2.24, 2.45) is 0 Å². The van der Waals surface area contributed by atoms with Crippen molar-refractivity contribution in [3.63, 3.8) is 0 Å². The van der Waals surface area contributed by atoms with Gasteiger partial charge >= 0.3 is 0 Å². The number of anilines is 3. The Hall–Kier alpha value is -9.04. The minimum absolute atomic E-state index is 0.0956. The molecule has 12 aromatic carbocycles. The summed E-state index contributed by atoms with van der Waals surface area (Å²) in [5.41, 5.74) is 27.4. The van der Waals surface area contributed by atoms with Crippen LogP contribution >= 0.6 is 0 Å². The molecule has 0 atom stereocenters. The zero-order valence-electron chi connectivity index (χ0n) is 44.2. The average Bonchev–Trinajstić information content (AvgIpc) is 4.08. The molecule has 15 rings (SSSR count). The minimum atomic E-state index is -0.471. The summed E-state index contributed by atoms with van der Waals surface area (Å²) in [4.78, 5) is 2.53. The fourth-order valence-corrected chi connectivity index (χ4v) is 13.8. The first-order chi connectivity index (χ1) is 37.6. The molecular formula is C76H57N. The highest BCUT2D eigenvalue weighted by Gasteiger charge is 2.52. The van der Waals surface area contributed by atoms with Crippen molar-refractivity contribution < 1.29 is 0 Å². The van der Waals surface area contributed by atoms with Crippen LogP contribution in [0.15, 0.2) is 255 Å². The second-order valence-electron chi connectivity index (χ2n) is 23.2. The number of hydrogen-bond acceptors (Lipinski definition) is 1. The average molecular weight is 984 g/mol. The van der Waals surface area contributed by atoms with E-state index < -0.39 is 5.41 Å². The molecule has 0 aromatic heterocycles. The van der Waals surface area contributed by atoms with E-state index in [1.807, 2.05) is 0 Å². The highest BCUT2D eigenvalue weighted by molar-refractivity contribution is 6.07. The molecule has 1 spiro atoms. The summed E-state index contributed by atoms with van der Waals surface area (Å²) in [6.45, 7) is 11.5. The molecule has 0 unspecified atom stereocenters. The fraction of sp³-hybridized carbons (Fsp3) is 0.105. The van der Waals surface area contributed by atoms with Crippen molar-refractivity contribution in [2.45, 2.75) is 50.9 Å². The Balaban J connectivity index is 0.940. The largest absolute Gasteiger partial charge is 0.310 e. The van der Waals surface area contributed by atoms with Gasteiger partial charge in [-0.3, -0.25) is 0 Å². The van der Waals surface area contributed by atoms with Gasteiger partial charge in [-0.1, -0.05) is 241 Å². The van der Waals surface area contributed by atoms with Crippen LogP contribution in [0.2, 0.25) is 0 Å². The molecule has 0 bridgehead atoms. The summed E-state index contributed by atoms with van der Waals surface area (Å²) in [5.74, 6) is 0. The molecule has 3 aliphatic rings. The van der Waals surface area contributed by atoms with E-state index in [4.69, 9.17) is 0 Å². The Bertz CT molecular complexity index is 4330. The number of rotatable bonds is 6. The van der Waals surface area contributed by atoms with E-state index in [2.05, 4.69) is 294 Å². The van der Waals surface area contributed by atoms with Crippen LogP contribution in [0.3, 0.4) is 0 Å². The van der Waals surface area contributed by atoms with Crippen LogP contribution in [0.5, 0.6) is 0 Å². The van der Waals surface area contributed by atoms with Gasteiger partial charge < -0.3 is 4.90 Å². The van der Waals surface area contributed by atoms with E-state index in [1.54, 1.807) is 0 Å². The van der Waals surface area contributed by atoms with Crippen molar-refractivity contribution in [1.29, 1.82) is 0 Å². The molecule has 12 aromatic rings. The third kappa shape index (κ3) is 6.73. The van der Waals surface area contributed by atoms with Gasteiger partial charge in [-0.05, 0) is 176 Å². The Labute approximate surface area is 452 Å². The summed E-state index contributed by atoms with van der Waals surface area (Å²) in [6, 6.07) is 96.7. The van der Waals surface area contributed by atoms with Crippen LogP contribution in [-0.4, -0.2) is 0 Å². The third-order valence-corrected chi connectivity index (χ3v) is 17.6. The van der Waals surface area contributed by atoms with E-state index in [-0.39, 0.29) is 10.8 Å². The molecule has 0 N–H and O–H groups in total. The molecule has 0 radical (unpaired) electrons. The first-order valence-electron chi connectivity index (χ1n) is 27.3. The van der Waals surface area contributed by atoms with E-state index in [0.717, 1.165) is 17.1 Å². The summed E-state index contributed by atoms with van der Waals surface area (Å²) >= 11 is 0. The minimum Gasteiger partial charge on any atom is -0.310 e. The zero-order chi connectivity index (χ0) is 51.8. The van der Waals surface area contributed by atoms with Crippen LogP contribution in [0.1, 0.15) is 73.6 Å². The summed E-state index contributed by atoms with van der Waals surface area (Å²) in [6.07, 6.45) is 0. The van der Waals surface area contributed by atoms with Crippen molar-refractivity contribution in [3.8, 4) is 66.8 Å². The second kappa shape index (κ2) is 16.7. The smallest absolute Gasteiger partial charge is 0.0725 e. The Kier molecular flexibility index (Phi) is 9.86. The monoisotopic (exact) mass is 983 g/mol. The van der Waals surface area contributed by atoms with E-state index in [0.29, 0.717) is 0 Å². The van der Waals surface area contributed by atoms with Gasteiger partial charge in [-0.15, -0.1) is 0 Å². The van der Waals surface area contributed by atoms with Gasteiger partial charge in [0.2, 0.25) is 0 Å². The maximum Gasteiger partial charge on any atom is 0.0725 e. The molecule has 0 heterocycles. The lowest BCUT2D eigenvalue weighted by Crippen LogP contribution is -2.25. The van der Waals surface area contributed by atoms with Gasteiger partial charge in [0.15, 0.2) is 0 Å². The van der Waals surface area contributed by atoms with E-state index in [9.17, 15) is 0 Å². The van der Waals surface area contributed by atoms with Crippen molar-refractivity contribution in [1.82, 2.24) is 0 Å². The SMILES string of the molecule is CC(C)(C)c1ccc(-c2ccc(-c3ccc(N(c4ccc5c(c4)-c4cc6ccccc6cc4C54c5ccccc5-c5ccccc54)c4ccc5ccccc5c4-c4ccc5c(c4)-c4ccccc4C5(C)C)cc3)cc2)cc1. The standard InChI is InChI=1S/C76H57N/c1-74(2,3)56-36-30-50(31-37-56)48-26-28-49(29-27-48)51-32-38-57(39-33-51)77(72-43-35-52-16-8-9-19-59(52)73(72)55-34-41-67-63(45-55)62-22-10-13-23-66(62)75(67,4)5)58-40-42-70-65(47-58)64-44-53-17-6-7-18-54(53)46-71(64)76(70)68-24-14-11-20-60(68)61-21-12-15-25-69(61)76/h6-47H,1-5H3. The lowest BCUT2D eigenvalue weighted by molar-refractivity contribution is 0.590. The van der Waals surface area contributed by atoms with Gasteiger partial charge in [0.05, 0.1) is 11.1 Å². The van der Waals surface area contributed by atoms with Crippen molar-refractivity contribution in [2.75, 3.05) is 4.90 Å². The van der Waals surface area contributed by atoms with Gasteiger partial charge in [-0.25, -0.2) is 0 Å². The molecule has 77 heavy (non-hydrogen) atoms. The van der Waals surface area contributed by atoms with Crippen LogP contribution < -0.4 is 4.90 Å². The highest BCUT2D eigenvalue weighted by atomic mass is 15.1. The molecule has 1 nitrogen and oxygen atoms in total. The Morgan fingerprint density at radius 3 is 1.39 bits per heavy atom. The molecule has 0 saturated heterocycles. The topological polar surface area (TPSA) is 3.24 Å². The summed E-state index contributed by atoms with van der Waals surface area (Å²) in [7, 11) is 0. The lowest BCUT2D eigenvalue weighted by Gasteiger charge is -2.32. The Morgan fingerprint density at radius 1 is 0.312 bits per heavy atom. The number of hydrogen-bond donors (Lipinski definition) is 0. The van der Waals surface area contributed by atoms with Crippen LogP contribution in [0, 0.1) is 0 Å². The van der Waals surface area contributed by atoms with Gasteiger partial charge in [-0.2, -0.15) is 0 Å². The predicted octanol–water partition coefficient (Wildman–Crippen LogP) is 20.4. The van der Waals surface area contributed by atoms with Crippen molar-refractivity contribution >= 4 is 38.6 Å². The predicted molar refractivity (Wildman–Crippen MR) is 325 cm³/mol. The molecule has 0 fully saturated rings. The summed E-state index contributed by atoms with van der Waals surface area (Å²) < 4.78 is 0. The number of fused-ring (bicyclic) bond motifs is 15. The first-order valence-corrected chi connectivity index (χ1v) is 27.3. The number of benzene rings is 12. The van der Waals surface area contributed by atoms with Gasteiger partial charge in [0.25, 0.3) is 0 Å². The Morgan fingerprint density at radius 2 is 0.753 bits per heavy atom. The van der Waals surface area contributed by atoms with Gasteiger partial charge in [0.1, 0.15) is 0 Å². The zero-order valence-corrected chi connectivity index (χ0v) is 44.2. The van der Waals surface area contributed by atoms with Gasteiger partial charge in [0, 0.05) is 22.4 Å². The quantitative estimate of drug-likeness (QED) is 0.160. The lowest BCUT2D eigenvalue weighted by atomic mass is 9.70. The maximum atomic E-state index is 2.53. The second-order valence-corrected chi connectivity index (χ2v) is 23.2. The number of nitrogens with zero attached hydrogens (tertiary/aromatic N) is 1. The molecule has 1 heteroatoms. The van der Waals surface area contributed by atoms with Crippen molar-refractivity contribution in [3.05, 3.63) is 294 Å². The van der Waals surface area contributed by atoms with Crippen LogP contribution in [0.4, 0.5) is 17.1 Å². The van der Waals surface area contributed by atoms with Crippen LogP contribution in [0.25, 0.3) is 88.3 Å². The first kappa shape index (κ1) is 45.4. The molecule has 0 amide bonds. The highest BCUT2D eigenvalue weighted by Crippen LogP contribution is 2.64. The van der Waals surface area contributed by atoms with Crippen LogP contribution in [-0.2, 0) is 16.2 Å². The molecule has 366 valence electrons. The molecule has 3 aliphatic carbocycles. The molecule has 0 saturated carbocycles. The van der Waals surface area contributed by atoms with E-state index in [1.165, 1.54) is 127 Å². The normalized spacial score (nSPS) is 14.0. The molecular weight excluding hydrogens is 927 g/mol. The maximum absolute atomic E-state index is 2.53.